The molecule has 1 aliphatic carbocycles. The molecule has 7 nitrogen and oxygen atoms in total. The number of piperidine rings is 2. The first-order chi connectivity index (χ1) is 16.8. The molecule has 1 aromatic carbocycles. The molecule has 13 heteroatoms. The van der Waals surface area contributed by atoms with E-state index in [2.05, 4.69) is 0 Å². The van der Waals surface area contributed by atoms with Crippen LogP contribution in [0.5, 0.6) is 5.75 Å². The first-order valence-corrected chi connectivity index (χ1v) is 14.3. The summed E-state index contributed by atoms with van der Waals surface area (Å²) >= 11 is 6.12. The van der Waals surface area contributed by atoms with E-state index in [1.807, 2.05) is 5.01 Å². The molecule has 3 aliphatic rings. The Morgan fingerprint density at radius 2 is 1.81 bits per heavy atom. The zero-order chi connectivity index (χ0) is 26.3. The van der Waals surface area contributed by atoms with Gasteiger partial charge in [-0.15, -0.1) is 11.6 Å². The van der Waals surface area contributed by atoms with Crippen LogP contribution in [-0.2, 0) is 10.0 Å². The van der Waals surface area contributed by atoms with Crippen molar-refractivity contribution in [3.8, 4) is 5.75 Å². The fraction of sp³-hybridized carbons (Fsp3) is 0.696. The normalized spacial score (nSPS) is 25.1. The van der Waals surface area contributed by atoms with Crippen molar-refractivity contribution in [1.82, 2.24) is 14.7 Å². The average molecular weight is 556 g/mol. The molecule has 0 bridgehead atoms. The second-order valence-corrected chi connectivity index (χ2v) is 12.4. The Morgan fingerprint density at radius 3 is 2.39 bits per heavy atom. The third-order valence-corrected chi connectivity index (χ3v) is 7.82. The summed E-state index contributed by atoms with van der Waals surface area (Å²) in [4.78, 5) is 12.2. The molecule has 36 heavy (non-hydrogen) atoms. The highest BCUT2D eigenvalue weighted by atomic mass is 35.5. The molecule has 202 valence electrons. The van der Waals surface area contributed by atoms with Crippen LogP contribution >= 0.6 is 11.6 Å². The second-order valence-electron chi connectivity index (χ2n) is 10.00. The zero-order valence-electron chi connectivity index (χ0n) is 19.9. The monoisotopic (exact) mass is 555 g/mol. The molecule has 1 aromatic rings. The van der Waals surface area contributed by atoms with Gasteiger partial charge >= 0.3 is 6.18 Å². The average Bonchev–Trinajstić information content (AvgIpc) is 3.61. The number of amides is 1. The van der Waals surface area contributed by atoms with Crippen molar-refractivity contribution >= 4 is 27.5 Å². The minimum absolute atomic E-state index is 0.0690. The molecule has 2 saturated heterocycles. The largest absolute Gasteiger partial charge is 0.493 e. The Balaban J connectivity index is 1.35. The summed E-state index contributed by atoms with van der Waals surface area (Å²) < 4.78 is 84.9. The maximum atomic E-state index is 14.7. The Bertz CT molecular complexity index is 1080. The molecule has 1 N–H and O–H groups in total. The van der Waals surface area contributed by atoms with E-state index in [-0.39, 0.29) is 30.4 Å². The summed E-state index contributed by atoms with van der Waals surface area (Å²) in [6.07, 6.45) is -0.380. The van der Waals surface area contributed by atoms with Crippen LogP contribution in [0.15, 0.2) is 12.1 Å². The van der Waals surface area contributed by atoms with Crippen molar-refractivity contribution in [3.63, 3.8) is 0 Å². The van der Waals surface area contributed by atoms with E-state index in [9.17, 15) is 30.8 Å². The number of hydrazine groups is 1. The topological polar surface area (TPSA) is 78.9 Å². The van der Waals surface area contributed by atoms with Crippen LogP contribution in [0.1, 0.15) is 53.9 Å². The number of hydrogen-bond acceptors (Lipinski definition) is 6. The van der Waals surface area contributed by atoms with Crippen molar-refractivity contribution in [3.05, 3.63) is 29.1 Å². The standard InChI is InChI=1S/C23H30ClF4N3O4S/c1-36(33,34)29-22(32)19-9-18(15-2-3-15)21(10-20(19)25)35-13-14-4-6-30(7-5-14)31-11-16(23(26,27)28)8-17(24)12-31/h9-10,14-17H,2-8,11-13H2,1H3,(H,29,32). The van der Waals surface area contributed by atoms with Gasteiger partial charge in [-0.25, -0.2) is 27.5 Å². The Kier molecular flexibility index (Phi) is 8.09. The van der Waals surface area contributed by atoms with Gasteiger partial charge in [0, 0.05) is 37.6 Å². The first-order valence-electron chi connectivity index (χ1n) is 12.0. The van der Waals surface area contributed by atoms with Crippen molar-refractivity contribution in [2.24, 2.45) is 11.8 Å². The lowest BCUT2D eigenvalue weighted by atomic mass is 9.96. The van der Waals surface area contributed by atoms with Gasteiger partial charge in [-0.1, -0.05) is 0 Å². The number of rotatable bonds is 7. The highest BCUT2D eigenvalue weighted by Crippen LogP contribution is 2.45. The minimum Gasteiger partial charge on any atom is -0.493 e. The van der Waals surface area contributed by atoms with Gasteiger partial charge in [0.2, 0.25) is 10.0 Å². The maximum Gasteiger partial charge on any atom is 0.393 e. The zero-order valence-corrected chi connectivity index (χ0v) is 21.4. The Morgan fingerprint density at radius 1 is 1.14 bits per heavy atom. The summed E-state index contributed by atoms with van der Waals surface area (Å²) in [5, 5.41) is 3.11. The van der Waals surface area contributed by atoms with Crippen LogP contribution in [0.3, 0.4) is 0 Å². The highest BCUT2D eigenvalue weighted by Gasteiger charge is 2.45. The van der Waals surface area contributed by atoms with Crippen LogP contribution in [-0.4, -0.2) is 74.9 Å². The van der Waals surface area contributed by atoms with E-state index in [1.165, 1.54) is 6.07 Å². The summed E-state index contributed by atoms with van der Waals surface area (Å²) in [5.74, 6) is -2.74. The SMILES string of the molecule is CS(=O)(=O)NC(=O)c1cc(C2CC2)c(OCC2CCN(N3CC(Cl)CC(C(F)(F)F)C3)CC2)cc1F. The van der Waals surface area contributed by atoms with Gasteiger partial charge in [0.1, 0.15) is 11.6 Å². The van der Waals surface area contributed by atoms with Gasteiger partial charge in [0.25, 0.3) is 5.91 Å². The van der Waals surface area contributed by atoms with E-state index in [0.717, 1.165) is 25.2 Å². The fourth-order valence-corrected chi connectivity index (χ4v) is 5.69. The molecule has 0 spiro atoms. The number of nitrogens with one attached hydrogen (secondary N) is 1. The molecule has 2 atom stereocenters. The lowest BCUT2D eigenvalue weighted by molar-refractivity contribution is -0.203. The lowest BCUT2D eigenvalue weighted by Gasteiger charge is -2.45. The van der Waals surface area contributed by atoms with Gasteiger partial charge in [-0.3, -0.25) is 4.79 Å². The van der Waals surface area contributed by atoms with Crippen molar-refractivity contribution in [1.29, 1.82) is 0 Å². The number of ether oxygens (including phenoxy) is 1. The van der Waals surface area contributed by atoms with Crippen LogP contribution in [0.4, 0.5) is 17.6 Å². The molecule has 1 amide bonds. The quantitative estimate of drug-likeness (QED) is 0.406. The Labute approximate surface area is 213 Å². The molecule has 3 fully saturated rings. The fourth-order valence-electron chi connectivity index (χ4n) is 4.87. The summed E-state index contributed by atoms with van der Waals surface area (Å²) in [6.45, 7) is 1.77. The number of alkyl halides is 4. The van der Waals surface area contributed by atoms with Gasteiger partial charge in [-0.2, -0.15) is 13.2 Å². The van der Waals surface area contributed by atoms with Gasteiger partial charge in [0.15, 0.2) is 0 Å². The van der Waals surface area contributed by atoms with Crippen molar-refractivity contribution in [2.75, 3.05) is 39.0 Å². The first kappa shape index (κ1) is 27.4. The van der Waals surface area contributed by atoms with Crippen LogP contribution in [0, 0.1) is 17.7 Å². The van der Waals surface area contributed by atoms with E-state index in [4.69, 9.17) is 16.3 Å². The Hall–Kier alpha value is -1.63. The van der Waals surface area contributed by atoms with E-state index < -0.39 is 39.2 Å². The molecule has 2 unspecified atom stereocenters. The molecule has 0 radical (unpaired) electrons. The molecule has 1 saturated carbocycles. The number of sulfonamides is 1. The number of benzene rings is 1. The van der Waals surface area contributed by atoms with Crippen molar-refractivity contribution in [2.45, 2.75) is 49.6 Å². The van der Waals surface area contributed by atoms with E-state index >= 15 is 0 Å². The minimum atomic E-state index is -4.27. The smallest absolute Gasteiger partial charge is 0.393 e. The molecular formula is C23H30ClF4N3O4S. The third kappa shape index (κ3) is 7.02. The summed E-state index contributed by atoms with van der Waals surface area (Å²) in [7, 11) is -3.83. The van der Waals surface area contributed by atoms with E-state index in [0.29, 0.717) is 50.4 Å². The van der Waals surface area contributed by atoms with Gasteiger partial charge in [-0.05, 0) is 55.6 Å². The van der Waals surface area contributed by atoms with Gasteiger partial charge in [0.05, 0.1) is 24.3 Å². The predicted octanol–water partition coefficient (Wildman–Crippen LogP) is 3.89. The van der Waals surface area contributed by atoms with Gasteiger partial charge < -0.3 is 4.74 Å². The lowest BCUT2D eigenvalue weighted by Crippen LogP contribution is -2.55. The molecule has 0 aromatic heterocycles. The maximum absolute atomic E-state index is 14.7. The van der Waals surface area contributed by atoms with Crippen LogP contribution in [0.2, 0.25) is 0 Å². The third-order valence-electron chi connectivity index (χ3n) is 6.95. The van der Waals surface area contributed by atoms with Crippen LogP contribution in [0.25, 0.3) is 0 Å². The summed E-state index contributed by atoms with van der Waals surface area (Å²) in [6, 6.07) is 2.49. The number of carbonyl (C=O) groups excluding carboxylic acids is 1. The second kappa shape index (κ2) is 10.6. The molecule has 4 rings (SSSR count). The number of nitrogens with zero attached hydrogens (tertiary/aromatic N) is 2. The van der Waals surface area contributed by atoms with E-state index in [1.54, 1.807) is 9.73 Å². The molecule has 2 heterocycles. The van der Waals surface area contributed by atoms with Crippen molar-refractivity contribution < 1.29 is 35.5 Å². The number of hydrogen-bond donors (Lipinski definition) is 1. The van der Waals surface area contributed by atoms with Crippen LogP contribution < -0.4 is 9.46 Å². The predicted molar refractivity (Wildman–Crippen MR) is 126 cm³/mol. The molecular weight excluding hydrogens is 526 g/mol. The number of halogens is 5. The number of carbonyl (C=O) groups is 1. The molecule has 2 aliphatic heterocycles. The highest BCUT2D eigenvalue weighted by molar-refractivity contribution is 7.89. The summed E-state index contributed by atoms with van der Waals surface area (Å²) in [5.41, 5.74) is 0.325.